The van der Waals surface area contributed by atoms with Crippen molar-refractivity contribution in [1.29, 1.82) is 0 Å². The Bertz CT molecular complexity index is 1320. The van der Waals surface area contributed by atoms with Gasteiger partial charge in [0.2, 0.25) is 0 Å². The van der Waals surface area contributed by atoms with Crippen LogP contribution < -0.4 is 15.8 Å². The normalized spacial score (nSPS) is 11.5. The maximum Gasteiger partial charge on any atom is 0.413 e. The molecule has 0 spiro atoms. The van der Waals surface area contributed by atoms with Gasteiger partial charge in [0.15, 0.2) is 0 Å². The Morgan fingerprint density at radius 3 is 2.32 bits per heavy atom. The molecule has 3 aromatic rings. The van der Waals surface area contributed by atoms with Crippen molar-refractivity contribution < 1.29 is 19.1 Å². The van der Waals surface area contributed by atoms with Crippen molar-refractivity contribution in [2.75, 3.05) is 18.6 Å². The molecule has 1 aromatic heterocycles. The molecule has 2 aromatic carbocycles. The number of nitrogens with zero attached hydrogens (tertiary/aromatic N) is 2. The predicted molar refractivity (Wildman–Crippen MR) is 147 cm³/mol. The molecule has 0 aliphatic rings. The van der Waals surface area contributed by atoms with Gasteiger partial charge in [0.05, 0.1) is 13.2 Å². The molecule has 0 bridgehead atoms. The van der Waals surface area contributed by atoms with Crippen LogP contribution in [0.5, 0.6) is 0 Å². The lowest BCUT2D eigenvalue weighted by Gasteiger charge is -2.24. The van der Waals surface area contributed by atoms with Gasteiger partial charge in [0.1, 0.15) is 5.60 Å². The van der Waals surface area contributed by atoms with Crippen molar-refractivity contribution in [2.45, 2.75) is 60.2 Å². The summed E-state index contributed by atoms with van der Waals surface area (Å²) in [5.74, 6) is 0.188. The van der Waals surface area contributed by atoms with E-state index in [0.717, 1.165) is 11.1 Å². The van der Waals surface area contributed by atoms with Crippen LogP contribution in [0, 0.1) is 5.92 Å². The van der Waals surface area contributed by atoms with E-state index >= 15 is 0 Å². The summed E-state index contributed by atoms with van der Waals surface area (Å²) in [5.41, 5.74) is 2.15. The standard InChI is InChI=1S/C29H37N3O5/c1-8-36-28(35)31(7)21-14-15-22-23(16-21)25(20-12-10-9-11-13-20)24(32(26(22)33)18-19(2)3)17-30-27(34)37-29(4,5)6/h9-16,19H,8,17-18H2,1-7H3,(H,30,34). The monoisotopic (exact) mass is 507 g/mol. The van der Waals surface area contributed by atoms with Crippen molar-refractivity contribution >= 4 is 28.6 Å². The number of alkyl carbamates (subject to hydrolysis) is 1. The number of anilines is 1. The van der Waals surface area contributed by atoms with E-state index in [1.54, 1.807) is 51.4 Å². The fraction of sp³-hybridized carbons (Fsp3) is 0.414. The van der Waals surface area contributed by atoms with Gasteiger partial charge in [-0.3, -0.25) is 9.69 Å². The van der Waals surface area contributed by atoms with Gasteiger partial charge < -0.3 is 19.4 Å². The van der Waals surface area contributed by atoms with Gasteiger partial charge >= 0.3 is 12.2 Å². The molecule has 0 saturated heterocycles. The second kappa shape index (κ2) is 11.5. The molecule has 3 rings (SSSR count). The molecule has 1 N–H and O–H groups in total. The molecule has 1 heterocycles. The van der Waals surface area contributed by atoms with Crippen LogP contribution in [0.1, 0.15) is 47.2 Å². The number of carbonyl (C=O) groups is 2. The number of amides is 2. The fourth-order valence-electron chi connectivity index (χ4n) is 4.16. The molecule has 8 nitrogen and oxygen atoms in total. The zero-order valence-corrected chi connectivity index (χ0v) is 22.8. The van der Waals surface area contributed by atoms with Crippen molar-refractivity contribution in [3.05, 3.63) is 64.6 Å². The van der Waals surface area contributed by atoms with Gasteiger partial charge in [-0.15, -0.1) is 0 Å². The van der Waals surface area contributed by atoms with Crippen LogP contribution in [0.2, 0.25) is 0 Å². The topological polar surface area (TPSA) is 89.9 Å². The van der Waals surface area contributed by atoms with Crippen LogP contribution in [0.15, 0.2) is 53.3 Å². The van der Waals surface area contributed by atoms with E-state index in [1.165, 1.54) is 4.90 Å². The van der Waals surface area contributed by atoms with Crippen LogP contribution in [0.3, 0.4) is 0 Å². The van der Waals surface area contributed by atoms with E-state index < -0.39 is 17.8 Å². The maximum absolute atomic E-state index is 13.8. The number of aromatic nitrogens is 1. The molecule has 2 amide bonds. The molecule has 0 atom stereocenters. The van der Waals surface area contributed by atoms with Crippen LogP contribution in [0.25, 0.3) is 21.9 Å². The first-order valence-corrected chi connectivity index (χ1v) is 12.5. The number of carbonyl (C=O) groups excluding carboxylic acids is 2. The highest BCUT2D eigenvalue weighted by Gasteiger charge is 2.22. The second-order valence-electron chi connectivity index (χ2n) is 10.3. The number of benzene rings is 2. The minimum Gasteiger partial charge on any atom is -0.449 e. The van der Waals surface area contributed by atoms with E-state index in [4.69, 9.17) is 9.47 Å². The van der Waals surface area contributed by atoms with Gasteiger partial charge in [-0.25, -0.2) is 9.59 Å². The van der Waals surface area contributed by atoms with E-state index in [9.17, 15) is 14.4 Å². The van der Waals surface area contributed by atoms with Crippen molar-refractivity contribution in [1.82, 2.24) is 9.88 Å². The quantitative estimate of drug-likeness (QED) is 0.427. The van der Waals surface area contributed by atoms with E-state index in [1.807, 2.05) is 50.2 Å². The first-order valence-electron chi connectivity index (χ1n) is 12.5. The molecule has 0 radical (unpaired) electrons. The highest BCUT2D eigenvalue weighted by molar-refractivity contribution is 6.01. The Balaban J connectivity index is 2.29. The molecular weight excluding hydrogens is 470 g/mol. The number of nitrogens with one attached hydrogen (secondary N) is 1. The Kier molecular flexibility index (Phi) is 8.63. The Morgan fingerprint density at radius 1 is 1.05 bits per heavy atom. The molecule has 0 aliphatic carbocycles. The van der Waals surface area contributed by atoms with E-state index in [0.29, 0.717) is 28.7 Å². The molecule has 0 fully saturated rings. The average molecular weight is 508 g/mol. The van der Waals surface area contributed by atoms with E-state index in [-0.39, 0.29) is 24.6 Å². The molecule has 37 heavy (non-hydrogen) atoms. The smallest absolute Gasteiger partial charge is 0.413 e. The summed E-state index contributed by atoms with van der Waals surface area (Å²) in [7, 11) is 1.63. The van der Waals surface area contributed by atoms with Gasteiger partial charge in [-0.05, 0) is 62.8 Å². The number of pyridine rings is 1. The number of rotatable bonds is 7. The lowest BCUT2D eigenvalue weighted by atomic mass is 9.95. The maximum atomic E-state index is 13.8. The first-order chi connectivity index (χ1) is 17.4. The Labute approximate surface area is 218 Å². The Morgan fingerprint density at radius 2 is 1.73 bits per heavy atom. The van der Waals surface area contributed by atoms with Gasteiger partial charge in [0.25, 0.3) is 5.56 Å². The molecule has 8 heteroatoms. The predicted octanol–water partition coefficient (Wildman–Crippen LogP) is 5.94. The number of fused-ring (bicyclic) bond motifs is 1. The number of hydrogen-bond acceptors (Lipinski definition) is 5. The molecule has 198 valence electrons. The van der Waals surface area contributed by atoms with Crippen molar-refractivity contribution in [3.8, 4) is 11.1 Å². The zero-order chi connectivity index (χ0) is 27.3. The minimum absolute atomic E-state index is 0.0922. The summed E-state index contributed by atoms with van der Waals surface area (Å²) >= 11 is 0. The highest BCUT2D eigenvalue weighted by atomic mass is 16.6. The number of ether oxygens (including phenoxy) is 2. The van der Waals surface area contributed by atoms with Crippen LogP contribution in [0.4, 0.5) is 15.3 Å². The summed E-state index contributed by atoms with van der Waals surface area (Å²) in [6, 6.07) is 15.0. The lowest BCUT2D eigenvalue weighted by Crippen LogP contribution is -2.35. The highest BCUT2D eigenvalue weighted by Crippen LogP contribution is 2.33. The van der Waals surface area contributed by atoms with Crippen LogP contribution in [-0.2, 0) is 22.6 Å². The van der Waals surface area contributed by atoms with E-state index in [2.05, 4.69) is 5.32 Å². The summed E-state index contributed by atoms with van der Waals surface area (Å²) in [4.78, 5) is 40.2. The third kappa shape index (κ3) is 6.70. The summed E-state index contributed by atoms with van der Waals surface area (Å²) in [5, 5.41) is 4.05. The SMILES string of the molecule is CCOC(=O)N(C)c1ccc2c(=O)n(CC(C)C)c(CNC(=O)OC(C)(C)C)c(-c3ccccc3)c2c1. The largest absolute Gasteiger partial charge is 0.449 e. The Hall–Kier alpha value is -3.81. The zero-order valence-electron chi connectivity index (χ0n) is 22.8. The summed E-state index contributed by atoms with van der Waals surface area (Å²) in [6.07, 6.45) is -1.05. The summed E-state index contributed by atoms with van der Waals surface area (Å²) < 4.78 is 12.3. The molecule has 0 saturated carbocycles. The van der Waals surface area contributed by atoms with Crippen LogP contribution >= 0.6 is 0 Å². The third-order valence-electron chi connectivity index (χ3n) is 5.70. The molecular formula is C29H37N3O5. The molecule has 0 unspecified atom stereocenters. The first kappa shape index (κ1) is 27.8. The summed E-state index contributed by atoms with van der Waals surface area (Å²) in [6.45, 7) is 12.1. The average Bonchev–Trinajstić information content (AvgIpc) is 2.83. The lowest BCUT2D eigenvalue weighted by molar-refractivity contribution is 0.0522. The van der Waals surface area contributed by atoms with Crippen molar-refractivity contribution in [3.63, 3.8) is 0 Å². The third-order valence-corrected chi connectivity index (χ3v) is 5.70. The van der Waals surface area contributed by atoms with Crippen molar-refractivity contribution in [2.24, 2.45) is 5.92 Å². The van der Waals surface area contributed by atoms with Crippen LogP contribution in [-0.4, -0.2) is 36.0 Å². The molecule has 0 aliphatic heterocycles. The fourth-order valence-corrected chi connectivity index (χ4v) is 4.16. The minimum atomic E-state index is -0.653. The second-order valence-corrected chi connectivity index (χ2v) is 10.3. The number of hydrogen-bond donors (Lipinski definition) is 1. The van der Waals surface area contributed by atoms with Gasteiger partial charge in [0, 0.05) is 35.9 Å². The van der Waals surface area contributed by atoms with Gasteiger partial charge in [-0.1, -0.05) is 44.2 Å². The van der Waals surface area contributed by atoms with Gasteiger partial charge in [-0.2, -0.15) is 0 Å².